The Morgan fingerprint density at radius 3 is 2.67 bits per heavy atom. The van der Waals surface area contributed by atoms with Crippen LogP contribution in [0.1, 0.15) is 30.7 Å². The molecule has 3 heteroatoms. The standard InChI is InChI=1S/C12H15ClO2/c1-2-3-9-15-12(14)11(13)10-7-5-4-6-8-10/h4-8,11H,2-3,9H2,1H3/t11-/m0/s1. The molecule has 0 unspecified atom stereocenters. The van der Waals surface area contributed by atoms with E-state index < -0.39 is 5.38 Å². The van der Waals surface area contributed by atoms with Crippen molar-refractivity contribution in [2.75, 3.05) is 6.61 Å². The second-order valence-corrected chi connectivity index (χ2v) is 3.73. The molecule has 0 saturated heterocycles. The number of unbranched alkanes of at least 4 members (excludes halogenated alkanes) is 1. The fourth-order valence-electron chi connectivity index (χ4n) is 1.15. The van der Waals surface area contributed by atoms with Gasteiger partial charge in [-0.05, 0) is 12.0 Å². The number of hydrogen-bond donors (Lipinski definition) is 0. The van der Waals surface area contributed by atoms with Crippen molar-refractivity contribution in [3.05, 3.63) is 35.9 Å². The Morgan fingerprint density at radius 2 is 2.07 bits per heavy atom. The number of carbonyl (C=O) groups is 1. The van der Waals surface area contributed by atoms with Gasteiger partial charge in [-0.2, -0.15) is 0 Å². The minimum Gasteiger partial charge on any atom is -0.464 e. The van der Waals surface area contributed by atoms with Gasteiger partial charge in [-0.3, -0.25) is 4.79 Å². The largest absolute Gasteiger partial charge is 0.464 e. The fraction of sp³-hybridized carbons (Fsp3) is 0.417. The van der Waals surface area contributed by atoms with Crippen molar-refractivity contribution >= 4 is 17.6 Å². The quantitative estimate of drug-likeness (QED) is 0.438. The summed E-state index contributed by atoms with van der Waals surface area (Å²) >= 11 is 5.96. The van der Waals surface area contributed by atoms with Crippen molar-refractivity contribution in [3.8, 4) is 0 Å². The van der Waals surface area contributed by atoms with E-state index in [1.165, 1.54) is 0 Å². The van der Waals surface area contributed by atoms with E-state index in [2.05, 4.69) is 0 Å². The maximum absolute atomic E-state index is 11.5. The summed E-state index contributed by atoms with van der Waals surface area (Å²) in [5, 5.41) is -0.692. The molecule has 0 aromatic heterocycles. The molecule has 0 heterocycles. The van der Waals surface area contributed by atoms with Gasteiger partial charge in [-0.1, -0.05) is 43.7 Å². The van der Waals surface area contributed by atoms with E-state index >= 15 is 0 Å². The van der Waals surface area contributed by atoms with Crippen LogP contribution in [0.5, 0.6) is 0 Å². The minimum absolute atomic E-state index is 0.365. The van der Waals surface area contributed by atoms with Crippen LogP contribution >= 0.6 is 11.6 Å². The molecule has 1 rings (SSSR count). The smallest absolute Gasteiger partial charge is 0.328 e. The highest BCUT2D eigenvalue weighted by Gasteiger charge is 2.18. The number of rotatable bonds is 5. The average Bonchev–Trinajstić information content (AvgIpc) is 2.29. The SMILES string of the molecule is CCCCOC(=O)[C@@H](Cl)c1ccccc1. The molecule has 0 N–H and O–H groups in total. The lowest BCUT2D eigenvalue weighted by atomic mass is 10.1. The van der Waals surface area contributed by atoms with Crippen LogP contribution in [0.4, 0.5) is 0 Å². The van der Waals surface area contributed by atoms with Crippen LogP contribution in [0.15, 0.2) is 30.3 Å². The summed E-state index contributed by atoms with van der Waals surface area (Å²) in [4.78, 5) is 11.5. The Balaban J connectivity index is 2.46. The highest BCUT2D eigenvalue weighted by atomic mass is 35.5. The first kappa shape index (κ1) is 12.1. The van der Waals surface area contributed by atoms with Gasteiger partial charge < -0.3 is 4.74 Å². The maximum atomic E-state index is 11.5. The molecule has 0 saturated carbocycles. The lowest BCUT2D eigenvalue weighted by Gasteiger charge is -2.09. The summed E-state index contributed by atoms with van der Waals surface area (Å²) in [6.07, 6.45) is 1.88. The van der Waals surface area contributed by atoms with Crippen LogP contribution in [0.3, 0.4) is 0 Å². The number of carbonyl (C=O) groups excluding carboxylic acids is 1. The first-order valence-corrected chi connectivity index (χ1v) is 5.55. The number of halogens is 1. The molecule has 0 radical (unpaired) electrons. The molecule has 0 bridgehead atoms. The second-order valence-electron chi connectivity index (χ2n) is 3.29. The normalized spacial score (nSPS) is 12.1. The van der Waals surface area contributed by atoms with Crippen LogP contribution < -0.4 is 0 Å². The molecule has 15 heavy (non-hydrogen) atoms. The molecule has 1 aromatic carbocycles. The Bertz CT molecular complexity index is 298. The van der Waals surface area contributed by atoms with Crippen molar-refractivity contribution < 1.29 is 9.53 Å². The molecular weight excluding hydrogens is 212 g/mol. The first-order valence-electron chi connectivity index (χ1n) is 5.11. The van der Waals surface area contributed by atoms with Crippen molar-refractivity contribution in [3.63, 3.8) is 0 Å². The van der Waals surface area contributed by atoms with E-state index in [4.69, 9.17) is 16.3 Å². The second kappa shape index (κ2) is 6.46. The number of esters is 1. The summed E-state index contributed by atoms with van der Waals surface area (Å²) < 4.78 is 5.03. The third kappa shape index (κ3) is 3.92. The third-order valence-corrected chi connectivity index (χ3v) is 2.47. The highest BCUT2D eigenvalue weighted by Crippen LogP contribution is 2.21. The monoisotopic (exact) mass is 226 g/mol. The van der Waals surface area contributed by atoms with Gasteiger partial charge in [0.25, 0.3) is 0 Å². The Kier molecular flexibility index (Phi) is 5.19. The summed E-state index contributed by atoms with van der Waals surface area (Å²) in [5.74, 6) is -0.365. The third-order valence-electron chi connectivity index (χ3n) is 2.04. The summed E-state index contributed by atoms with van der Waals surface area (Å²) in [6.45, 7) is 2.49. The molecular formula is C12H15ClO2. The molecule has 0 fully saturated rings. The van der Waals surface area contributed by atoms with Crippen LogP contribution in [0, 0.1) is 0 Å². The van der Waals surface area contributed by atoms with Gasteiger partial charge in [0.15, 0.2) is 5.38 Å². The van der Waals surface area contributed by atoms with Gasteiger partial charge in [0.2, 0.25) is 0 Å². The average molecular weight is 227 g/mol. The van der Waals surface area contributed by atoms with Gasteiger partial charge in [-0.25, -0.2) is 0 Å². The zero-order chi connectivity index (χ0) is 11.1. The van der Waals surface area contributed by atoms with E-state index in [1.54, 1.807) is 0 Å². The van der Waals surface area contributed by atoms with Gasteiger partial charge in [0, 0.05) is 0 Å². The molecule has 1 atom stereocenters. The van der Waals surface area contributed by atoms with Crippen molar-refractivity contribution in [2.24, 2.45) is 0 Å². The molecule has 0 aliphatic carbocycles. The van der Waals surface area contributed by atoms with Gasteiger partial charge >= 0.3 is 5.97 Å². The topological polar surface area (TPSA) is 26.3 Å². The van der Waals surface area contributed by atoms with Gasteiger partial charge in [-0.15, -0.1) is 11.6 Å². The molecule has 0 aliphatic heterocycles. The Labute approximate surface area is 95.2 Å². The highest BCUT2D eigenvalue weighted by molar-refractivity contribution is 6.29. The van der Waals surface area contributed by atoms with E-state index in [9.17, 15) is 4.79 Å². The fourth-order valence-corrected chi connectivity index (χ4v) is 1.36. The van der Waals surface area contributed by atoms with Gasteiger partial charge in [0.05, 0.1) is 6.61 Å². The molecule has 0 spiro atoms. The van der Waals surface area contributed by atoms with Crippen LogP contribution in [0.2, 0.25) is 0 Å². The zero-order valence-corrected chi connectivity index (χ0v) is 9.54. The zero-order valence-electron chi connectivity index (χ0n) is 8.78. The molecule has 0 aliphatic rings. The van der Waals surface area contributed by atoms with Gasteiger partial charge in [0.1, 0.15) is 0 Å². The Morgan fingerprint density at radius 1 is 1.40 bits per heavy atom. The lowest BCUT2D eigenvalue weighted by molar-refractivity contribution is -0.143. The summed E-state index contributed by atoms with van der Waals surface area (Å²) in [7, 11) is 0. The van der Waals surface area contributed by atoms with Crippen molar-refractivity contribution in [1.82, 2.24) is 0 Å². The van der Waals surface area contributed by atoms with Crippen LogP contribution in [-0.2, 0) is 9.53 Å². The Hall–Kier alpha value is -1.02. The molecule has 2 nitrogen and oxygen atoms in total. The number of hydrogen-bond acceptors (Lipinski definition) is 2. The van der Waals surface area contributed by atoms with E-state index in [-0.39, 0.29) is 5.97 Å². The van der Waals surface area contributed by atoms with E-state index in [1.807, 2.05) is 37.3 Å². The summed E-state index contributed by atoms with van der Waals surface area (Å²) in [6, 6.07) is 9.22. The number of alkyl halides is 1. The first-order chi connectivity index (χ1) is 7.25. The number of ether oxygens (including phenoxy) is 1. The molecule has 1 aromatic rings. The predicted octanol–water partition coefficient (Wildman–Crippen LogP) is 3.31. The molecule has 0 amide bonds. The number of benzene rings is 1. The minimum atomic E-state index is -0.692. The van der Waals surface area contributed by atoms with Crippen molar-refractivity contribution in [2.45, 2.75) is 25.1 Å². The molecule has 82 valence electrons. The van der Waals surface area contributed by atoms with Crippen LogP contribution in [0.25, 0.3) is 0 Å². The summed E-state index contributed by atoms with van der Waals surface area (Å²) in [5.41, 5.74) is 0.778. The van der Waals surface area contributed by atoms with E-state index in [0.29, 0.717) is 6.61 Å². The van der Waals surface area contributed by atoms with Crippen LogP contribution in [-0.4, -0.2) is 12.6 Å². The van der Waals surface area contributed by atoms with Crippen molar-refractivity contribution in [1.29, 1.82) is 0 Å². The lowest BCUT2D eigenvalue weighted by Crippen LogP contribution is -2.12. The van der Waals surface area contributed by atoms with E-state index in [0.717, 1.165) is 18.4 Å². The maximum Gasteiger partial charge on any atom is 0.328 e. The predicted molar refractivity (Wildman–Crippen MR) is 60.9 cm³/mol.